The van der Waals surface area contributed by atoms with Crippen molar-refractivity contribution in [2.75, 3.05) is 46.6 Å². The normalized spacial score (nSPS) is 24.9. The molecule has 0 amide bonds. The molecule has 1 atom stereocenters. The second-order valence-electron chi connectivity index (χ2n) is 3.29. The molecule has 13 heavy (non-hydrogen) atoms. The van der Waals surface area contributed by atoms with Crippen LogP contribution in [-0.4, -0.2) is 62.7 Å². The first kappa shape index (κ1) is 10.9. The standard InChI is InChI=1S/C9H19NO3/c1-12-5-2-3-10-4-6-13-8-9(10)7-11/h9,11H,2-8H2,1H3. The maximum Gasteiger partial charge on any atom is 0.0644 e. The number of nitrogens with zero attached hydrogens (tertiary/aromatic N) is 1. The van der Waals surface area contributed by atoms with Crippen molar-refractivity contribution in [1.29, 1.82) is 0 Å². The molecule has 1 N–H and O–H groups in total. The minimum absolute atomic E-state index is 0.186. The molecule has 0 aromatic carbocycles. The van der Waals surface area contributed by atoms with Crippen molar-refractivity contribution in [3.8, 4) is 0 Å². The van der Waals surface area contributed by atoms with Crippen molar-refractivity contribution in [2.45, 2.75) is 12.5 Å². The van der Waals surface area contributed by atoms with Crippen molar-refractivity contribution in [2.24, 2.45) is 0 Å². The molecule has 78 valence electrons. The Kier molecular flexibility index (Phi) is 5.31. The van der Waals surface area contributed by atoms with Crippen LogP contribution in [0.25, 0.3) is 0 Å². The average Bonchev–Trinajstić information content (AvgIpc) is 2.19. The van der Waals surface area contributed by atoms with Gasteiger partial charge in [0, 0.05) is 26.8 Å². The van der Waals surface area contributed by atoms with E-state index in [0.29, 0.717) is 6.61 Å². The van der Waals surface area contributed by atoms with Gasteiger partial charge in [-0.15, -0.1) is 0 Å². The summed E-state index contributed by atoms with van der Waals surface area (Å²) in [6.07, 6.45) is 1.02. The molecule has 1 aliphatic rings. The van der Waals surface area contributed by atoms with Crippen molar-refractivity contribution in [1.82, 2.24) is 4.90 Å². The molecule has 0 saturated carbocycles. The lowest BCUT2D eigenvalue weighted by Crippen LogP contribution is -2.47. The van der Waals surface area contributed by atoms with E-state index in [1.54, 1.807) is 7.11 Å². The summed E-state index contributed by atoms with van der Waals surface area (Å²) in [7, 11) is 1.71. The van der Waals surface area contributed by atoms with Crippen LogP contribution in [0.5, 0.6) is 0 Å². The Morgan fingerprint density at radius 2 is 2.46 bits per heavy atom. The zero-order valence-corrected chi connectivity index (χ0v) is 8.24. The molecule has 0 spiro atoms. The van der Waals surface area contributed by atoms with Gasteiger partial charge in [0.1, 0.15) is 0 Å². The van der Waals surface area contributed by atoms with E-state index in [2.05, 4.69) is 4.90 Å². The van der Waals surface area contributed by atoms with E-state index < -0.39 is 0 Å². The van der Waals surface area contributed by atoms with E-state index in [1.807, 2.05) is 0 Å². The minimum atomic E-state index is 0.186. The zero-order valence-electron chi connectivity index (χ0n) is 8.24. The molecule has 1 rings (SSSR count). The van der Waals surface area contributed by atoms with E-state index in [4.69, 9.17) is 14.6 Å². The van der Waals surface area contributed by atoms with Crippen LogP contribution in [0.3, 0.4) is 0 Å². The van der Waals surface area contributed by atoms with Gasteiger partial charge in [-0.05, 0) is 6.42 Å². The van der Waals surface area contributed by atoms with Gasteiger partial charge < -0.3 is 14.6 Å². The number of hydrogen-bond acceptors (Lipinski definition) is 4. The summed E-state index contributed by atoms with van der Waals surface area (Å²) in [4.78, 5) is 2.27. The van der Waals surface area contributed by atoms with E-state index in [-0.39, 0.29) is 12.6 Å². The molecular formula is C9H19NO3. The number of rotatable bonds is 5. The minimum Gasteiger partial charge on any atom is -0.395 e. The van der Waals surface area contributed by atoms with Gasteiger partial charge in [0.15, 0.2) is 0 Å². The van der Waals surface area contributed by atoms with Crippen molar-refractivity contribution >= 4 is 0 Å². The summed E-state index contributed by atoms with van der Waals surface area (Å²) >= 11 is 0. The Hall–Kier alpha value is -0.160. The summed E-state index contributed by atoms with van der Waals surface area (Å²) in [5.74, 6) is 0. The molecule has 1 fully saturated rings. The Morgan fingerprint density at radius 1 is 1.62 bits per heavy atom. The molecule has 1 aliphatic heterocycles. The molecule has 1 saturated heterocycles. The lowest BCUT2D eigenvalue weighted by molar-refractivity contribution is -0.0296. The molecule has 0 aromatic rings. The number of hydrogen-bond donors (Lipinski definition) is 1. The molecule has 1 unspecified atom stereocenters. The SMILES string of the molecule is COCCCN1CCOCC1CO. The molecule has 4 heteroatoms. The van der Waals surface area contributed by atoms with Crippen LogP contribution >= 0.6 is 0 Å². The fraction of sp³-hybridized carbons (Fsp3) is 1.00. The summed E-state index contributed by atoms with van der Waals surface area (Å²) in [5.41, 5.74) is 0. The molecule has 4 nitrogen and oxygen atoms in total. The highest BCUT2D eigenvalue weighted by atomic mass is 16.5. The predicted molar refractivity (Wildman–Crippen MR) is 49.8 cm³/mol. The monoisotopic (exact) mass is 189 g/mol. The predicted octanol–water partition coefficient (Wildman–Crippen LogP) is -0.284. The third-order valence-electron chi connectivity index (χ3n) is 2.35. The maximum absolute atomic E-state index is 9.07. The average molecular weight is 189 g/mol. The first-order valence-corrected chi connectivity index (χ1v) is 4.80. The zero-order chi connectivity index (χ0) is 9.52. The van der Waals surface area contributed by atoms with E-state index in [0.717, 1.165) is 32.7 Å². The second kappa shape index (κ2) is 6.32. The highest BCUT2D eigenvalue weighted by molar-refractivity contribution is 4.73. The summed E-state index contributed by atoms with van der Waals surface area (Å²) in [5, 5.41) is 9.07. The maximum atomic E-state index is 9.07. The van der Waals surface area contributed by atoms with Gasteiger partial charge in [0.2, 0.25) is 0 Å². The number of aliphatic hydroxyl groups is 1. The Labute approximate surface area is 79.4 Å². The fourth-order valence-electron chi connectivity index (χ4n) is 1.56. The number of methoxy groups -OCH3 is 1. The summed E-state index contributed by atoms with van der Waals surface area (Å²) < 4.78 is 10.3. The van der Waals surface area contributed by atoms with Gasteiger partial charge in [0.25, 0.3) is 0 Å². The van der Waals surface area contributed by atoms with Crippen molar-refractivity contribution in [3.63, 3.8) is 0 Å². The van der Waals surface area contributed by atoms with Crippen LogP contribution < -0.4 is 0 Å². The smallest absolute Gasteiger partial charge is 0.0644 e. The summed E-state index contributed by atoms with van der Waals surface area (Å²) in [6, 6.07) is 0.186. The van der Waals surface area contributed by atoms with Crippen LogP contribution in [0, 0.1) is 0 Å². The van der Waals surface area contributed by atoms with Gasteiger partial charge in [0.05, 0.1) is 25.9 Å². The molecule has 0 bridgehead atoms. The quantitative estimate of drug-likeness (QED) is 0.604. The van der Waals surface area contributed by atoms with Crippen LogP contribution in [0.1, 0.15) is 6.42 Å². The molecule has 1 heterocycles. The number of morpholine rings is 1. The second-order valence-corrected chi connectivity index (χ2v) is 3.29. The Balaban J connectivity index is 2.19. The topological polar surface area (TPSA) is 41.9 Å². The molecule has 0 radical (unpaired) electrons. The lowest BCUT2D eigenvalue weighted by Gasteiger charge is -2.34. The lowest BCUT2D eigenvalue weighted by atomic mass is 10.2. The van der Waals surface area contributed by atoms with Gasteiger partial charge in [-0.1, -0.05) is 0 Å². The summed E-state index contributed by atoms with van der Waals surface area (Å²) in [6.45, 7) is 4.33. The fourth-order valence-corrected chi connectivity index (χ4v) is 1.56. The highest BCUT2D eigenvalue weighted by Crippen LogP contribution is 2.06. The molecule has 0 aromatic heterocycles. The highest BCUT2D eigenvalue weighted by Gasteiger charge is 2.21. The van der Waals surface area contributed by atoms with Crippen LogP contribution in [0.15, 0.2) is 0 Å². The first-order valence-electron chi connectivity index (χ1n) is 4.80. The van der Waals surface area contributed by atoms with E-state index in [1.165, 1.54) is 0 Å². The van der Waals surface area contributed by atoms with E-state index in [9.17, 15) is 0 Å². The Morgan fingerprint density at radius 3 is 3.15 bits per heavy atom. The van der Waals surface area contributed by atoms with Crippen molar-refractivity contribution < 1.29 is 14.6 Å². The number of aliphatic hydroxyl groups excluding tert-OH is 1. The number of ether oxygens (including phenoxy) is 2. The van der Waals surface area contributed by atoms with E-state index >= 15 is 0 Å². The molecular weight excluding hydrogens is 170 g/mol. The first-order chi connectivity index (χ1) is 6.38. The van der Waals surface area contributed by atoms with Gasteiger partial charge in [-0.25, -0.2) is 0 Å². The van der Waals surface area contributed by atoms with Crippen LogP contribution in [-0.2, 0) is 9.47 Å². The van der Waals surface area contributed by atoms with Gasteiger partial charge in [-0.2, -0.15) is 0 Å². The van der Waals surface area contributed by atoms with Crippen LogP contribution in [0.4, 0.5) is 0 Å². The third kappa shape index (κ3) is 3.60. The third-order valence-corrected chi connectivity index (χ3v) is 2.35. The molecule has 0 aliphatic carbocycles. The van der Waals surface area contributed by atoms with Gasteiger partial charge in [-0.3, -0.25) is 4.90 Å². The largest absolute Gasteiger partial charge is 0.395 e. The van der Waals surface area contributed by atoms with Crippen molar-refractivity contribution in [3.05, 3.63) is 0 Å². The van der Waals surface area contributed by atoms with Crippen LogP contribution in [0.2, 0.25) is 0 Å². The Bertz CT molecular complexity index is 132. The van der Waals surface area contributed by atoms with Gasteiger partial charge >= 0.3 is 0 Å².